The third kappa shape index (κ3) is 4.92. The highest BCUT2D eigenvalue weighted by Crippen LogP contribution is 2.34. The van der Waals surface area contributed by atoms with E-state index < -0.39 is 5.54 Å². The molecule has 2 N–H and O–H groups in total. The predicted molar refractivity (Wildman–Crippen MR) is 113 cm³/mol. The van der Waals surface area contributed by atoms with Gasteiger partial charge in [0.15, 0.2) is 17.3 Å². The summed E-state index contributed by atoms with van der Waals surface area (Å²) in [4.78, 5) is 33.0. The number of aromatic nitrogens is 3. The highest BCUT2D eigenvalue weighted by atomic mass is 16.5. The lowest BCUT2D eigenvalue weighted by molar-refractivity contribution is -0.121. The molecule has 9 heteroatoms. The van der Waals surface area contributed by atoms with Gasteiger partial charge in [-0.25, -0.2) is 4.98 Å². The number of anilines is 1. The largest absolute Gasteiger partial charge is 0.441 e. The number of nitrogens with zero attached hydrogens (tertiary/aromatic N) is 3. The van der Waals surface area contributed by atoms with Crippen LogP contribution < -0.4 is 10.6 Å². The number of amides is 2. The van der Waals surface area contributed by atoms with Gasteiger partial charge in [0, 0.05) is 32.4 Å². The summed E-state index contributed by atoms with van der Waals surface area (Å²) in [5, 5.41) is 10.1. The lowest BCUT2D eigenvalue weighted by Gasteiger charge is -2.30. The lowest BCUT2D eigenvalue weighted by Crippen LogP contribution is -2.45. The number of benzene rings is 1. The summed E-state index contributed by atoms with van der Waals surface area (Å²) in [7, 11) is 0. The Morgan fingerprint density at radius 3 is 2.65 bits per heavy atom. The van der Waals surface area contributed by atoms with E-state index in [1.165, 1.54) is 6.92 Å². The fourth-order valence-electron chi connectivity index (χ4n) is 4.19. The van der Waals surface area contributed by atoms with E-state index in [0.29, 0.717) is 40.8 Å². The Bertz CT molecular complexity index is 1080. The van der Waals surface area contributed by atoms with Crippen LogP contribution in [0, 0.1) is 6.92 Å². The molecule has 4 rings (SSSR count). The zero-order valence-corrected chi connectivity index (χ0v) is 17.9. The minimum atomic E-state index is -0.586. The molecule has 1 saturated carbocycles. The molecule has 0 radical (unpaired) electrons. The van der Waals surface area contributed by atoms with Crippen molar-refractivity contribution in [3.8, 4) is 0 Å². The second kappa shape index (κ2) is 8.87. The van der Waals surface area contributed by atoms with Crippen LogP contribution in [0.3, 0.4) is 0 Å². The van der Waals surface area contributed by atoms with Crippen molar-refractivity contribution >= 4 is 28.6 Å². The van der Waals surface area contributed by atoms with Gasteiger partial charge in [0.1, 0.15) is 11.1 Å². The maximum absolute atomic E-state index is 12.4. The van der Waals surface area contributed by atoms with Gasteiger partial charge < -0.3 is 19.6 Å². The molecule has 0 spiro atoms. The van der Waals surface area contributed by atoms with E-state index in [-0.39, 0.29) is 18.2 Å². The maximum Gasteiger partial charge on any atom is 0.227 e. The molecule has 0 atom stereocenters. The van der Waals surface area contributed by atoms with Gasteiger partial charge in [-0.3, -0.25) is 9.59 Å². The first-order chi connectivity index (χ1) is 14.9. The Morgan fingerprint density at radius 1 is 1.13 bits per heavy atom. The van der Waals surface area contributed by atoms with E-state index in [0.717, 1.165) is 38.5 Å². The number of carbonyl (C=O) groups is 2. The number of rotatable bonds is 6. The molecule has 3 aromatic rings. The third-order valence-corrected chi connectivity index (χ3v) is 5.61. The van der Waals surface area contributed by atoms with Crippen molar-refractivity contribution in [2.24, 2.45) is 0 Å². The molecule has 1 aromatic carbocycles. The third-order valence-electron chi connectivity index (χ3n) is 5.61. The molecule has 31 heavy (non-hydrogen) atoms. The molecule has 1 aliphatic carbocycles. The molecular weight excluding hydrogens is 398 g/mol. The normalized spacial score (nSPS) is 16.1. The minimum absolute atomic E-state index is 0.105. The van der Waals surface area contributed by atoms with Crippen molar-refractivity contribution in [1.29, 1.82) is 0 Å². The maximum atomic E-state index is 12.4. The summed E-state index contributed by atoms with van der Waals surface area (Å²) in [6, 6.07) is 5.33. The fourth-order valence-corrected chi connectivity index (χ4v) is 4.19. The Balaban J connectivity index is 1.39. The van der Waals surface area contributed by atoms with Crippen molar-refractivity contribution < 1.29 is 18.5 Å². The van der Waals surface area contributed by atoms with E-state index in [2.05, 4.69) is 25.8 Å². The van der Waals surface area contributed by atoms with Crippen LogP contribution in [-0.4, -0.2) is 26.9 Å². The highest BCUT2D eigenvalue weighted by molar-refractivity contribution is 5.92. The first-order valence-corrected chi connectivity index (χ1v) is 10.7. The Morgan fingerprint density at radius 2 is 1.90 bits per heavy atom. The molecule has 164 valence electrons. The first-order valence-electron chi connectivity index (χ1n) is 10.7. The molecule has 1 fully saturated rings. The van der Waals surface area contributed by atoms with E-state index in [9.17, 15) is 9.59 Å². The molecule has 9 nitrogen and oxygen atoms in total. The number of hydrogen-bond donors (Lipinski definition) is 2. The zero-order chi connectivity index (χ0) is 21.8. The average molecular weight is 425 g/mol. The van der Waals surface area contributed by atoms with Crippen LogP contribution in [-0.2, 0) is 21.5 Å². The molecule has 2 amide bonds. The van der Waals surface area contributed by atoms with Gasteiger partial charge in [0.2, 0.25) is 17.7 Å². The fraction of sp³-hybridized carbons (Fsp3) is 0.500. The molecule has 1 aliphatic rings. The number of nitrogens with one attached hydrogen (secondary N) is 2. The van der Waals surface area contributed by atoms with Crippen LogP contribution in [0.25, 0.3) is 11.1 Å². The number of aryl methyl sites for hydroxylation is 2. The van der Waals surface area contributed by atoms with E-state index >= 15 is 0 Å². The van der Waals surface area contributed by atoms with Gasteiger partial charge in [-0.2, -0.15) is 4.98 Å². The van der Waals surface area contributed by atoms with Crippen LogP contribution in [0.4, 0.5) is 5.69 Å². The Kier molecular flexibility index (Phi) is 6.01. The number of fused-ring (bicyclic) bond motifs is 1. The summed E-state index contributed by atoms with van der Waals surface area (Å²) in [5.74, 6) is 1.21. The van der Waals surface area contributed by atoms with E-state index in [1.807, 2.05) is 0 Å². The predicted octanol–water partition coefficient (Wildman–Crippen LogP) is 3.78. The summed E-state index contributed by atoms with van der Waals surface area (Å²) < 4.78 is 10.9. The molecule has 2 aromatic heterocycles. The summed E-state index contributed by atoms with van der Waals surface area (Å²) in [5.41, 5.74) is 1.45. The molecular formula is C22H27N5O4. The molecule has 0 unspecified atom stereocenters. The average Bonchev–Trinajstić information content (AvgIpc) is 3.27. The van der Waals surface area contributed by atoms with Crippen LogP contribution >= 0.6 is 0 Å². The smallest absolute Gasteiger partial charge is 0.227 e. The number of carbonyl (C=O) groups excluding carboxylic acids is 2. The van der Waals surface area contributed by atoms with Gasteiger partial charge in [0.25, 0.3) is 0 Å². The van der Waals surface area contributed by atoms with Crippen LogP contribution in [0.5, 0.6) is 0 Å². The van der Waals surface area contributed by atoms with Crippen LogP contribution in [0.2, 0.25) is 0 Å². The van der Waals surface area contributed by atoms with Crippen LogP contribution in [0.1, 0.15) is 69.5 Å². The zero-order valence-electron chi connectivity index (χ0n) is 17.9. The lowest BCUT2D eigenvalue weighted by atomic mass is 9.89. The van der Waals surface area contributed by atoms with Crippen LogP contribution in [0.15, 0.2) is 27.1 Å². The Hall–Kier alpha value is -3.23. The van der Waals surface area contributed by atoms with Gasteiger partial charge in [-0.1, -0.05) is 30.8 Å². The van der Waals surface area contributed by atoms with Crippen molar-refractivity contribution in [2.45, 2.75) is 70.8 Å². The number of hydrogen-bond acceptors (Lipinski definition) is 7. The van der Waals surface area contributed by atoms with E-state index in [4.69, 9.17) is 8.94 Å². The van der Waals surface area contributed by atoms with E-state index in [1.54, 1.807) is 25.1 Å². The highest BCUT2D eigenvalue weighted by Gasteiger charge is 2.38. The van der Waals surface area contributed by atoms with Gasteiger partial charge >= 0.3 is 0 Å². The summed E-state index contributed by atoms with van der Waals surface area (Å²) in [6.45, 7) is 3.29. The van der Waals surface area contributed by atoms with Gasteiger partial charge in [-0.15, -0.1) is 0 Å². The SMILES string of the molecule is CC(=O)NC1(c2noc(CCC(=O)Nc3ccc4oc(C)nc4c3)n2)CCCCCC1. The molecule has 2 heterocycles. The van der Waals surface area contributed by atoms with Crippen molar-refractivity contribution in [1.82, 2.24) is 20.4 Å². The Labute approximate surface area is 180 Å². The summed E-state index contributed by atoms with van der Waals surface area (Å²) >= 11 is 0. The quantitative estimate of drug-likeness (QED) is 0.576. The topological polar surface area (TPSA) is 123 Å². The molecule has 0 aliphatic heterocycles. The second-order valence-corrected chi connectivity index (χ2v) is 8.15. The minimum Gasteiger partial charge on any atom is -0.441 e. The van der Waals surface area contributed by atoms with Gasteiger partial charge in [-0.05, 0) is 31.0 Å². The molecule has 0 saturated heterocycles. The van der Waals surface area contributed by atoms with Crippen molar-refractivity contribution in [3.05, 3.63) is 35.8 Å². The van der Waals surface area contributed by atoms with Crippen molar-refractivity contribution in [2.75, 3.05) is 5.32 Å². The molecule has 0 bridgehead atoms. The second-order valence-electron chi connectivity index (χ2n) is 8.15. The monoisotopic (exact) mass is 425 g/mol. The van der Waals surface area contributed by atoms with Crippen molar-refractivity contribution in [3.63, 3.8) is 0 Å². The first kappa shape index (κ1) is 21.0. The standard InChI is InChI=1S/C22H27N5O4/c1-14(28)26-22(11-5-3-4-6-12-22)21-25-20(31-27-21)10-9-19(29)24-16-7-8-18-17(13-16)23-15(2)30-18/h7-8,13H,3-6,9-12H2,1-2H3,(H,24,29)(H,26,28). The summed E-state index contributed by atoms with van der Waals surface area (Å²) in [6.07, 6.45) is 6.36. The van der Waals surface area contributed by atoms with Gasteiger partial charge in [0.05, 0.1) is 0 Å². The number of oxazole rings is 1.